The molecule has 0 aliphatic carbocycles. The minimum Gasteiger partial charge on any atom is -0.382 e. The Morgan fingerprint density at radius 3 is 2.68 bits per heavy atom. The molecule has 1 aliphatic heterocycles. The number of carbonyl (C=O) groups is 2. The third-order valence-corrected chi connectivity index (χ3v) is 6.24. The molecule has 0 atom stereocenters. The van der Waals surface area contributed by atoms with Gasteiger partial charge in [0.2, 0.25) is 5.91 Å². The highest BCUT2D eigenvalue weighted by Gasteiger charge is 2.44. The second-order valence-corrected chi connectivity index (χ2v) is 8.82. The average molecular weight is 460 g/mol. The van der Waals surface area contributed by atoms with Crippen molar-refractivity contribution in [2.45, 2.75) is 26.3 Å². The third kappa shape index (κ3) is 3.28. The van der Waals surface area contributed by atoms with Crippen molar-refractivity contribution in [3.63, 3.8) is 0 Å². The lowest BCUT2D eigenvalue weighted by Crippen LogP contribution is -2.64. The van der Waals surface area contributed by atoms with Crippen LogP contribution in [-0.2, 0) is 16.6 Å². The first-order chi connectivity index (χ1) is 16.2. The molecule has 0 saturated carbocycles. The molecule has 11 heteroatoms. The number of aryl methyl sites for hydroxylation is 1. The topological polar surface area (TPSA) is 128 Å². The van der Waals surface area contributed by atoms with Gasteiger partial charge in [-0.05, 0) is 32.0 Å². The molecule has 0 radical (unpaired) electrons. The monoisotopic (exact) mass is 459 g/mol. The van der Waals surface area contributed by atoms with Gasteiger partial charge in [0.25, 0.3) is 5.91 Å². The Hall–Kier alpha value is -4.28. The molecule has 4 aromatic heterocycles. The van der Waals surface area contributed by atoms with Gasteiger partial charge in [-0.2, -0.15) is 10.2 Å². The third-order valence-electron chi connectivity index (χ3n) is 6.24. The summed E-state index contributed by atoms with van der Waals surface area (Å²) in [5.41, 5.74) is 8.96. The average Bonchev–Trinajstić information content (AvgIpc) is 3.40. The number of nitrogens with zero attached hydrogens (tertiary/aromatic N) is 8. The van der Waals surface area contributed by atoms with E-state index in [1.807, 2.05) is 31.4 Å². The van der Waals surface area contributed by atoms with Gasteiger partial charge in [-0.25, -0.2) is 14.5 Å². The summed E-state index contributed by atoms with van der Waals surface area (Å²) >= 11 is 0. The molecule has 5 rings (SSSR count). The van der Waals surface area contributed by atoms with Crippen molar-refractivity contribution < 1.29 is 9.59 Å². The number of hydrogen-bond donors (Lipinski definition) is 1. The van der Waals surface area contributed by atoms with Crippen LogP contribution in [0.25, 0.3) is 28.0 Å². The molecule has 0 bridgehead atoms. The van der Waals surface area contributed by atoms with Crippen molar-refractivity contribution in [3.05, 3.63) is 43.0 Å². The summed E-state index contributed by atoms with van der Waals surface area (Å²) < 4.78 is 3.42. The number of nitrogens with two attached hydrogens (primary N) is 1. The lowest BCUT2D eigenvalue weighted by Gasteiger charge is -2.45. The fourth-order valence-electron chi connectivity index (χ4n) is 4.54. The minimum absolute atomic E-state index is 0.125. The van der Waals surface area contributed by atoms with E-state index in [9.17, 15) is 9.59 Å². The van der Waals surface area contributed by atoms with E-state index in [-0.39, 0.29) is 11.8 Å². The summed E-state index contributed by atoms with van der Waals surface area (Å²) in [5, 5.41) is 8.68. The predicted molar refractivity (Wildman–Crippen MR) is 127 cm³/mol. The zero-order valence-corrected chi connectivity index (χ0v) is 19.4. The van der Waals surface area contributed by atoms with Gasteiger partial charge in [0, 0.05) is 44.4 Å². The maximum absolute atomic E-state index is 13.3. The van der Waals surface area contributed by atoms with Crippen molar-refractivity contribution in [1.82, 2.24) is 34.3 Å². The first kappa shape index (κ1) is 21.6. The minimum atomic E-state index is -0.960. The standard InChI is InChI=1S/C23H25N9O2/c1-14(33)31-9-8-30(22(34)23(31,2)3)19-7-5-6-17(28-19)18-10-16(15-11-26-29(4)12-15)20-21(24)25-13-27-32(18)20/h5-7,10-13H,8-9H2,1-4H3,(H2,24,25,27). The van der Waals surface area contributed by atoms with E-state index in [2.05, 4.69) is 15.2 Å². The number of hydrogen-bond acceptors (Lipinski definition) is 7. The molecule has 174 valence electrons. The molecule has 1 aliphatic rings. The summed E-state index contributed by atoms with van der Waals surface area (Å²) in [5.74, 6) is 0.549. The molecular formula is C23H25N9O2. The Morgan fingerprint density at radius 1 is 1.18 bits per heavy atom. The largest absolute Gasteiger partial charge is 0.382 e. The molecule has 0 unspecified atom stereocenters. The van der Waals surface area contributed by atoms with Crippen molar-refractivity contribution in [2.75, 3.05) is 23.7 Å². The maximum Gasteiger partial charge on any atom is 0.253 e. The molecule has 0 aromatic carbocycles. The van der Waals surface area contributed by atoms with Crippen LogP contribution in [0.4, 0.5) is 11.6 Å². The van der Waals surface area contributed by atoms with Gasteiger partial charge in [0.1, 0.15) is 23.2 Å². The number of anilines is 2. The Bertz CT molecular complexity index is 1440. The quantitative estimate of drug-likeness (QED) is 0.494. The Morgan fingerprint density at radius 2 is 1.97 bits per heavy atom. The van der Waals surface area contributed by atoms with E-state index in [4.69, 9.17) is 10.7 Å². The van der Waals surface area contributed by atoms with Gasteiger partial charge in [0.05, 0.1) is 17.6 Å². The van der Waals surface area contributed by atoms with E-state index in [1.165, 1.54) is 13.3 Å². The number of fused-ring (bicyclic) bond motifs is 1. The molecule has 2 amide bonds. The Kier molecular flexibility index (Phi) is 4.85. The number of piperazine rings is 1. The highest BCUT2D eigenvalue weighted by Crippen LogP contribution is 2.35. The summed E-state index contributed by atoms with van der Waals surface area (Å²) in [6.07, 6.45) is 5.05. The lowest BCUT2D eigenvalue weighted by atomic mass is 9.97. The molecule has 1 saturated heterocycles. The van der Waals surface area contributed by atoms with Crippen LogP contribution in [0, 0.1) is 0 Å². The van der Waals surface area contributed by atoms with Gasteiger partial charge in [-0.15, -0.1) is 0 Å². The fraction of sp³-hybridized carbons (Fsp3) is 0.304. The van der Waals surface area contributed by atoms with Crippen LogP contribution in [0.1, 0.15) is 20.8 Å². The Balaban J connectivity index is 1.60. The van der Waals surface area contributed by atoms with Crippen LogP contribution in [0.15, 0.2) is 43.0 Å². The highest BCUT2D eigenvalue weighted by atomic mass is 16.2. The zero-order chi connectivity index (χ0) is 24.2. The summed E-state index contributed by atoms with van der Waals surface area (Å²) in [4.78, 5) is 37.5. The molecule has 11 nitrogen and oxygen atoms in total. The zero-order valence-electron chi connectivity index (χ0n) is 19.4. The molecular weight excluding hydrogens is 434 g/mol. The molecule has 1 fully saturated rings. The van der Waals surface area contributed by atoms with Crippen molar-refractivity contribution in [1.29, 1.82) is 0 Å². The van der Waals surface area contributed by atoms with E-state index >= 15 is 0 Å². The smallest absolute Gasteiger partial charge is 0.253 e. The van der Waals surface area contributed by atoms with Gasteiger partial charge in [-0.1, -0.05) is 6.07 Å². The normalized spacial score (nSPS) is 15.8. The molecule has 0 spiro atoms. The summed E-state index contributed by atoms with van der Waals surface area (Å²) in [6, 6.07) is 7.45. The molecule has 2 N–H and O–H groups in total. The van der Waals surface area contributed by atoms with E-state index < -0.39 is 5.54 Å². The first-order valence-corrected chi connectivity index (χ1v) is 10.9. The van der Waals surface area contributed by atoms with Crippen LogP contribution in [0.5, 0.6) is 0 Å². The van der Waals surface area contributed by atoms with E-state index in [0.717, 1.165) is 11.1 Å². The molecule has 4 aromatic rings. The highest BCUT2D eigenvalue weighted by molar-refractivity contribution is 6.02. The first-order valence-electron chi connectivity index (χ1n) is 10.9. The molecule has 5 heterocycles. The van der Waals surface area contributed by atoms with Crippen LogP contribution in [0.2, 0.25) is 0 Å². The summed E-state index contributed by atoms with van der Waals surface area (Å²) in [7, 11) is 1.85. The maximum atomic E-state index is 13.3. The van der Waals surface area contributed by atoms with Crippen LogP contribution < -0.4 is 10.6 Å². The van der Waals surface area contributed by atoms with Crippen molar-refractivity contribution in [3.8, 4) is 22.5 Å². The van der Waals surface area contributed by atoms with Gasteiger partial charge in [-0.3, -0.25) is 19.2 Å². The fourth-order valence-corrected chi connectivity index (χ4v) is 4.54. The van der Waals surface area contributed by atoms with Gasteiger partial charge < -0.3 is 10.6 Å². The van der Waals surface area contributed by atoms with Crippen LogP contribution >= 0.6 is 0 Å². The SMILES string of the molecule is CC(=O)N1CCN(c2cccc(-c3cc(-c4cnn(C)c4)c4c(N)ncnn34)n2)C(=O)C1(C)C. The lowest BCUT2D eigenvalue weighted by molar-refractivity contribution is -0.145. The number of pyridine rings is 1. The number of nitrogen functional groups attached to an aromatic ring is 1. The number of amides is 2. The van der Waals surface area contributed by atoms with Gasteiger partial charge >= 0.3 is 0 Å². The number of carbonyl (C=O) groups excluding carboxylic acids is 2. The second kappa shape index (κ2) is 7.65. The van der Waals surface area contributed by atoms with E-state index in [1.54, 1.807) is 45.1 Å². The molecule has 34 heavy (non-hydrogen) atoms. The number of rotatable bonds is 3. The van der Waals surface area contributed by atoms with Crippen LogP contribution in [-0.4, -0.2) is 64.7 Å². The number of aromatic nitrogens is 6. The van der Waals surface area contributed by atoms with E-state index in [0.29, 0.717) is 41.6 Å². The van der Waals surface area contributed by atoms with Crippen LogP contribution in [0.3, 0.4) is 0 Å². The predicted octanol–water partition coefficient (Wildman–Crippen LogP) is 1.75. The van der Waals surface area contributed by atoms with Crippen molar-refractivity contribution >= 4 is 29.0 Å². The Labute approximate surface area is 195 Å². The van der Waals surface area contributed by atoms with Gasteiger partial charge in [0.15, 0.2) is 5.82 Å². The summed E-state index contributed by atoms with van der Waals surface area (Å²) in [6.45, 7) is 5.79. The van der Waals surface area contributed by atoms with Crippen molar-refractivity contribution in [2.24, 2.45) is 7.05 Å². The second-order valence-electron chi connectivity index (χ2n) is 8.82.